The molecule has 1 heterocycles. The van der Waals surface area contributed by atoms with Crippen LogP contribution < -0.4 is 10.6 Å². The lowest BCUT2D eigenvalue weighted by atomic mass is 10.1. The van der Waals surface area contributed by atoms with Crippen LogP contribution in [-0.4, -0.2) is 36.2 Å². The van der Waals surface area contributed by atoms with Crippen molar-refractivity contribution in [1.29, 1.82) is 0 Å². The van der Waals surface area contributed by atoms with Crippen LogP contribution in [0.2, 0.25) is 0 Å². The summed E-state index contributed by atoms with van der Waals surface area (Å²) in [5.74, 6) is -0.581. The van der Waals surface area contributed by atoms with Gasteiger partial charge in [-0.3, -0.25) is 25.5 Å². The van der Waals surface area contributed by atoms with E-state index in [4.69, 9.17) is 12.2 Å². The molecule has 2 aromatic rings. The summed E-state index contributed by atoms with van der Waals surface area (Å²) in [6, 6.07) is 5.56. The van der Waals surface area contributed by atoms with Gasteiger partial charge in [-0.25, -0.2) is 0 Å². The standard InChI is InChI=1S/C11H11N7O3S/c1-2-17-15-10(14-16-17)13-11(22)12-9(19)7-5-3-4-6-8(7)18(20)21/h3-6H,2H2,1H3,(H2,12,13,15,19,22). The molecular formula is C11H11N7O3S. The van der Waals surface area contributed by atoms with Crippen LogP contribution in [0.4, 0.5) is 11.6 Å². The van der Waals surface area contributed by atoms with Crippen LogP contribution in [-0.2, 0) is 6.54 Å². The first-order valence-corrected chi connectivity index (χ1v) is 6.55. The molecule has 2 rings (SSSR count). The van der Waals surface area contributed by atoms with Crippen LogP contribution >= 0.6 is 12.2 Å². The van der Waals surface area contributed by atoms with Crippen molar-refractivity contribution in [2.45, 2.75) is 13.5 Å². The van der Waals surface area contributed by atoms with E-state index in [0.717, 1.165) is 0 Å². The Morgan fingerprint density at radius 2 is 2.18 bits per heavy atom. The zero-order valence-corrected chi connectivity index (χ0v) is 12.2. The van der Waals surface area contributed by atoms with Crippen LogP contribution in [0.15, 0.2) is 24.3 Å². The first-order chi connectivity index (χ1) is 10.5. The zero-order valence-electron chi connectivity index (χ0n) is 11.4. The van der Waals surface area contributed by atoms with Crippen LogP contribution in [0.25, 0.3) is 0 Å². The third kappa shape index (κ3) is 3.58. The average molecular weight is 321 g/mol. The summed E-state index contributed by atoms with van der Waals surface area (Å²) in [6.45, 7) is 2.37. The molecule has 0 fully saturated rings. The fraction of sp³-hybridized carbons (Fsp3) is 0.182. The number of anilines is 1. The highest BCUT2D eigenvalue weighted by molar-refractivity contribution is 7.80. The average Bonchev–Trinajstić information content (AvgIpc) is 2.94. The van der Waals surface area contributed by atoms with E-state index in [1.165, 1.54) is 29.1 Å². The van der Waals surface area contributed by atoms with Gasteiger partial charge in [0.1, 0.15) is 5.56 Å². The summed E-state index contributed by atoms with van der Waals surface area (Å²) in [5, 5.41) is 27.0. The Morgan fingerprint density at radius 3 is 2.82 bits per heavy atom. The van der Waals surface area contributed by atoms with Crippen molar-refractivity contribution in [3.8, 4) is 0 Å². The molecule has 0 atom stereocenters. The number of rotatable bonds is 4. The molecule has 2 N–H and O–H groups in total. The monoisotopic (exact) mass is 321 g/mol. The van der Waals surface area contributed by atoms with Gasteiger partial charge in [-0.1, -0.05) is 17.2 Å². The number of tetrazole rings is 1. The number of nitrogens with one attached hydrogen (secondary N) is 2. The number of hydrogen-bond acceptors (Lipinski definition) is 7. The summed E-state index contributed by atoms with van der Waals surface area (Å²) in [6.07, 6.45) is 0. The van der Waals surface area contributed by atoms with Gasteiger partial charge in [0.2, 0.25) is 0 Å². The van der Waals surface area contributed by atoms with Gasteiger partial charge in [0.25, 0.3) is 17.5 Å². The molecule has 0 unspecified atom stereocenters. The summed E-state index contributed by atoms with van der Waals surface area (Å²) in [4.78, 5) is 23.6. The van der Waals surface area contributed by atoms with Crippen LogP contribution in [0.1, 0.15) is 17.3 Å². The maximum Gasteiger partial charge on any atom is 0.282 e. The Bertz CT molecular complexity index is 730. The van der Waals surface area contributed by atoms with Crippen molar-refractivity contribution in [1.82, 2.24) is 25.5 Å². The van der Waals surface area contributed by atoms with E-state index in [9.17, 15) is 14.9 Å². The van der Waals surface area contributed by atoms with Gasteiger partial charge >= 0.3 is 0 Å². The molecule has 0 saturated carbocycles. The molecule has 0 bridgehead atoms. The first kappa shape index (κ1) is 15.4. The third-order valence-corrected chi connectivity index (χ3v) is 2.74. The Kier molecular flexibility index (Phi) is 4.68. The highest BCUT2D eigenvalue weighted by atomic mass is 32.1. The second-order valence-corrected chi connectivity index (χ2v) is 4.39. The molecule has 11 heteroatoms. The van der Waals surface area contributed by atoms with E-state index in [-0.39, 0.29) is 22.3 Å². The van der Waals surface area contributed by atoms with Gasteiger partial charge < -0.3 is 0 Å². The molecule has 1 amide bonds. The van der Waals surface area contributed by atoms with Crippen molar-refractivity contribution >= 4 is 34.9 Å². The zero-order chi connectivity index (χ0) is 16.1. The molecule has 0 saturated heterocycles. The minimum atomic E-state index is -0.701. The van der Waals surface area contributed by atoms with Gasteiger partial charge in [0.15, 0.2) is 5.11 Å². The molecule has 0 aliphatic carbocycles. The van der Waals surface area contributed by atoms with E-state index in [1.54, 1.807) is 0 Å². The molecule has 1 aromatic heterocycles. The smallest absolute Gasteiger partial charge is 0.282 e. The lowest BCUT2D eigenvalue weighted by Gasteiger charge is -2.06. The molecular weight excluding hydrogens is 310 g/mol. The maximum absolute atomic E-state index is 12.0. The highest BCUT2D eigenvalue weighted by Crippen LogP contribution is 2.17. The lowest BCUT2D eigenvalue weighted by Crippen LogP contribution is -2.34. The molecule has 0 radical (unpaired) electrons. The van der Waals surface area contributed by atoms with E-state index in [2.05, 4.69) is 26.0 Å². The molecule has 114 valence electrons. The molecule has 1 aromatic carbocycles. The fourth-order valence-electron chi connectivity index (χ4n) is 1.56. The van der Waals surface area contributed by atoms with Crippen molar-refractivity contribution in [2.75, 3.05) is 5.32 Å². The minimum Gasteiger partial charge on any atom is -0.298 e. The van der Waals surface area contributed by atoms with Gasteiger partial charge in [-0.2, -0.15) is 4.80 Å². The third-order valence-electron chi connectivity index (χ3n) is 2.53. The Labute approximate surface area is 129 Å². The number of nitro benzene ring substituents is 1. The summed E-state index contributed by atoms with van der Waals surface area (Å²) >= 11 is 4.94. The molecule has 0 aliphatic heterocycles. The summed E-state index contributed by atoms with van der Waals surface area (Å²) < 4.78 is 0. The van der Waals surface area contributed by atoms with Gasteiger partial charge in [0, 0.05) is 6.07 Å². The quantitative estimate of drug-likeness (QED) is 0.479. The summed E-state index contributed by atoms with van der Waals surface area (Å²) in [7, 11) is 0. The number of amides is 1. The number of carbonyl (C=O) groups is 1. The van der Waals surface area contributed by atoms with Crippen LogP contribution in [0.3, 0.4) is 0 Å². The van der Waals surface area contributed by atoms with Gasteiger partial charge in [-0.05, 0) is 30.4 Å². The number of para-hydroxylation sites is 1. The van der Waals surface area contributed by atoms with Crippen molar-refractivity contribution < 1.29 is 9.72 Å². The molecule has 0 spiro atoms. The SMILES string of the molecule is CCn1nnc(NC(=S)NC(=O)c2ccccc2[N+](=O)[O-])n1. The van der Waals surface area contributed by atoms with E-state index in [0.29, 0.717) is 6.54 Å². The number of thiocarbonyl (C=S) groups is 1. The predicted octanol–water partition coefficient (Wildman–Crippen LogP) is 0.728. The highest BCUT2D eigenvalue weighted by Gasteiger charge is 2.20. The number of nitrogens with zero attached hydrogens (tertiary/aromatic N) is 5. The van der Waals surface area contributed by atoms with Crippen molar-refractivity contribution in [2.24, 2.45) is 0 Å². The Hall–Kier alpha value is -2.95. The lowest BCUT2D eigenvalue weighted by molar-refractivity contribution is -0.385. The van der Waals surface area contributed by atoms with E-state index >= 15 is 0 Å². The van der Waals surface area contributed by atoms with Crippen molar-refractivity contribution in [3.05, 3.63) is 39.9 Å². The van der Waals surface area contributed by atoms with Crippen LogP contribution in [0.5, 0.6) is 0 Å². The minimum absolute atomic E-state index is 0.0844. The number of benzene rings is 1. The van der Waals surface area contributed by atoms with Crippen molar-refractivity contribution in [3.63, 3.8) is 0 Å². The fourth-order valence-corrected chi connectivity index (χ4v) is 1.74. The number of hydrogen-bond donors (Lipinski definition) is 2. The van der Waals surface area contributed by atoms with Gasteiger partial charge in [-0.15, -0.1) is 5.10 Å². The number of nitro groups is 1. The van der Waals surface area contributed by atoms with E-state index in [1.807, 2.05) is 6.92 Å². The second-order valence-electron chi connectivity index (χ2n) is 3.98. The second kappa shape index (κ2) is 6.67. The summed E-state index contributed by atoms with van der Waals surface area (Å²) in [5.41, 5.74) is -0.403. The number of aromatic nitrogens is 4. The maximum atomic E-state index is 12.0. The largest absolute Gasteiger partial charge is 0.298 e. The van der Waals surface area contributed by atoms with E-state index < -0.39 is 10.8 Å². The predicted molar refractivity (Wildman–Crippen MR) is 80.3 cm³/mol. The first-order valence-electron chi connectivity index (χ1n) is 6.14. The Balaban J connectivity index is 2.05. The molecule has 22 heavy (non-hydrogen) atoms. The normalized spacial score (nSPS) is 10.0. The van der Waals surface area contributed by atoms with Gasteiger partial charge in [0.05, 0.1) is 11.5 Å². The number of carbonyl (C=O) groups excluding carboxylic acids is 1. The molecule has 10 nitrogen and oxygen atoms in total. The molecule has 0 aliphatic rings. The Morgan fingerprint density at radius 1 is 1.45 bits per heavy atom. The topological polar surface area (TPSA) is 128 Å². The number of aryl methyl sites for hydroxylation is 1. The van der Waals surface area contributed by atoms with Crippen LogP contribution in [0, 0.1) is 10.1 Å².